The van der Waals surface area contributed by atoms with Gasteiger partial charge in [-0.25, -0.2) is 4.79 Å². The minimum atomic E-state index is -4.34. The Labute approximate surface area is 254 Å². The van der Waals surface area contributed by atoms with Crippen LogP contribution in [0.25, 0.3) is 12.2 Å². The maximum absolute atomic E-state index is 12.3. The molecule has 232 valence electrons. The molecule has 0 aliphatic rings. The topological polar surface area (TPSA) is 112 Å². The lowest BCUT2D eigenvalue weighted by molar-refractivity contribution is 0.00426. The van der Waals surface area contributed by atoms with Crippen molar-refractivity contribution < 1.29 is 36.7 Å². The van der Waals surface area contributed by atoms with E-state index in [1.54, 1.807) is 26.1 Å². The number of hydrogen-bond acceptors (Lipinski definition) is 7. The van der Waals surface area contributed by atoms with Crippen LogP contribution in [0.1, 0.15) is 56.1 Å². The molecule has 0 aromatic heterocycles. The van der Waals surface area contributed by atoms with Crippen molar-refractivity contribution in [1.29, 1.82) is 0 Å². The van der Waals surface area contributed by atoms with E-state index in [0.717, 1.165) is 28.1 Å². The van der Waals surface area contributed by atoms with Crippen molar-refractivity contribution in [3.8, 4) is 5.75 Å². The number of carbonyl (C=O) groups excluding carboxylic acids is 1. The number of hydrogen-bond donors (Lipinski definition) is 1. The fraction of sp³-hybridized carbons (Fsp3) is 0.364. The molecule has 0 radical (unpaired) electrons. The average Bonchev–Trinajstić information content (AvgIpc) is 2.94. The molecule has 3 aromatic carbocycles. The van der Waals surface area contributed by atoms with Gasteiger partial charge in [-0.05, 0) is 76.1 Å². The van der Waals surface area contributed by atoms with Crippen LogP contribution in [-0.4, -0.2) is 58.1 Å². The zero-order valence-corrected chi connectivity index (χ0v) is 26.4. The molecule has 0 saturated carbocycles. The van der Waals surface area contributed by atoms with Crippen LogP contribution in [0.4, 0.5) is 10.5 Å². The second-order valence-corrected chi connectivity index (χ2v) is 12.4. The Balaban J connectivity index is 1.37. The van der Waals surface area contributed by atoms with Crippen molar-refractivity contribution >= 4 is 34.1 Å². The molecule has 3 aromatic rings. The van der Waals surface area contributed by atoms with E-state index < -0.39 is 27.9 Å². The smallest absolute Gasteiger partial charge is 0.414 e. The van der Waals surface area contributed by atoms with Crippen LogP contribution in [0.3, 0.4) is 0 Å². The van der Waals surface area contributed by atoms with E-state index in [-0.39, 0.29) is 11.5 Å². The highest BCUT2D eigenvalue weighted by molar-refractivity contribution is 7.85. The molecule has 9 nitrogen and oxygen atoms in total. The normalized spacial score (nSPS) is 12.7. The summed E-state index contributed by atoms with van der Waals surface area (Å²) < 4.78 is 55.3. The number of carbonyl (C=O) groups is 1. The third-order valence-electron chi connectivity index (χ3n) is 6.27. The number of rotatable bonds is 13. The van der Waals surface area contributed by atoms with Gasteiger partial charge in [0.05, 0.1) is 30.8 Å². The van der Waals surface area contributed by atoms with Gasteiger partial charge in [-0.1, -0.05) is 54.1 Å². The molecule has 1 amide bonds. The molecule has 0 aliphatic carbocycles. The van der Waals surface area contributed by atoms with Gasteiger partial charge in [0, 0.05) is 18.3 Å². The molecular formula is C33H41NO8S. The van der Waals surface area contributed by atoms with Crippen molar-refractivity contribution in [2.45, 2.75) is 51.2 Å². The van der Waals surface area contributed by atoms with Crippen molar-refractivity contribution in [2.24, 2.45) is 0 Å². The lowest BCUT2D eigenvalue weighted by Crippen LogP contribution is -2.34. The van der Waals surface area contributed by atoms with Crippen molar-refractivity contribution in [3.05, 3.63) is 89.0 Å². The first-order valence-electron chi connectivity index (χ1n) is 14.0. The Morgan fingerprint density at radius 1 is 0.907 bits per heavy atom. The molecule has 0 fully saturated rings. The van der Waals surface area contributed by atoms with E-state index in [4.69, 9.17) is 18.9 Å². The van der Waals surface area contributed by atoms with Gasteiger partial charge in [-0.3, -0.25) is 9.45 Å². The predicted octanol–water partition coefficient (Wildman–Crippen LogP) is 6.96. The minimum absolute atomic E-state index is 0.153. The van der Waals surface area contributed by atoms with Crippen molar-refractivity contribution in [3.63, 3.8) is 0 Å². The Hall–Kier alpha value is -3.70. The number of anilines is 1. The van der Waals surface area contributed by atoms with Gasteiger partial charge in [0.2, 0.25) is 0 Å². The Bertz CT molecular complexity index is 1480. The first-order chi connectivity index (χ1) is 20.2. The predicted molar refractivity (Wildman–Crippen MR) is 168 cm³/mol. The van der Waals surface area contributed by atoms with Crippen molar-refractivity contribution in [2.75, 3.05) is 38.4 Å². The second kappa shape index (κ2) is 15.2. The quantitative estimate of drug-likeness (QED) is 0.125. The summed E-state index contributed by atoms with van der Waals surface area (Å²) >= 11 is 0. The van der Waals surface area contributed by atoms with Crippen molar-refractivity contribution in [1.82, 2.24) is 0 Å². The Morgan fingerprint density at radius 3 is 2.07 bits per heavy atom. The fourth-order valence-electron chi connectivity index (χ4n) is 4.03. The van der Waals surface area contributed by atoms with Crippen LogP contribution in [0.5, 0.6) is 5.75 Å². The molecule has 0 bridgehead atoms. The van der Waals surface area contributed by atoms with E-state index in [0.29, 0.717) is 25.4 Å². The van der Waals surface area contributed by atoms with Gasteiger partial charge in [-0.15, -0.1) is 0 Å². The van der Waals surface area contributed by atoms with Gasteiger partial charge in [-0.2, -0.15) is 8.42 Å². The molecule has 0 saturated heterocycles. The monoisotopic (exact) mass is 611 g/mol. The Kier molecular flexibility index (Phi) is 11.9. The molecule has 3 rings (SSSR count). The van der Waals surface area contributed by atoms with Crippen LogP contribution in [0.15, 0.2) is 71.6 Å². The summed E-state index contributed by atoms with van der Waals surface area (Å²) in [7, 11) is -2.66. The second-order valence-electron chi connectivity index (χ2n) is 11.0. The largest absolute Gasteiger partial charge is 0.491 e. The van der Waals surface area contributed by atoms with E-state index in [9.17, 15) is 17.8 Å². The number of nitrogens with zero attached hydrogens (tertiary/aromatic N) is 1. The summed E-state index contributed by atoms with van der Waals surface area (Å²) in [5, 5.41) is 0. The van der Waals surface area contributed by atoms with E-state index >= 15 is 0 Å². The van der Waals surface area contributed by atoms with Crippen LogP contribution < -0.4 is 9.64 Å². The third-order valence-corrected chi connectivity index (χ3v) is 7.20. The van der Waals surface area contributed by atoms with Crippen LogP contribution in [0, 0.1) is 6.92 Å². The lowest BCUT2D eigenvalue weighted by atomic mass is 10.1. The maximum Gasteiger partial charge on any atom is 0.414 e. The molecule has 0 spiro atoms. The summed E-state index contributed by atoms with van der Waals surface area (Å²) in [6.45, 7) is 10.4. The molecular weight excluding hydrogens is 570 g/mol. The first-order valence-corrected chi connectivity index (χ1v) is 15.4. The van der Waals surface area contributed by atoms with Crippen LogP contribution >= 0.6 is 0 Å². The maximum atomic E-state index is 12.3. The SMILES string of the molecule is Cc1ccc(S(=O)(=O)O)c(C(C)OCCOCCOc2ccc(/C=C/c3ccc(N(C)C(=O)OC(C)(C)C)cc3)cc2)c1. The third kappa shape index (κ3) is 11.1. The lowest BCUT2D eigenvalue weighted by Gasteiger charge is -2.24. The molecule has 0 aliphatic heterocycles. The van der Waals surface area contributed by atoms with Crippen LogP contribution in [-0.2, 0) is 24.3 Å². The number of amides is 1. The summed E-state index contributed by atoms with van der Waals surface area (Å²) in [6, 6.07) is 20.0. The highest BCUT2D eigenvalue weighted by Crippen LogP contribution is 2.26. The summed E-state index contributed by atoms with van der Waals surface area (Å²) in [6.07, 6.45) is 3.05. The highest BCUT2D eigenvalue weighted by atomic mass is 32.2. The van der Waals surface area contributed by atoms with Crippen LogP contribution in [0.2, 0.25) is 0 Å². The molecule has 1 unspecified atom stereocenters. The minimum Gasteiger partial charge on any atom is -0.491 e. The van der Waals surface area contributed by atoms with E-state index in [1.165, 1.54) is 11.0 Å². The zero-order valence-electron chi connectivity index (χ0n) is 25.6. The van der Waals surface area contributed by atoms with E-state index in [2.05, 4.69) is 0 Å². The molecule has 1 N–H and O–H groups in total. The van der Waals surface area contributed by atoms with Gasteiger partial charge >= 0.3 is 6.09 Å². The molecule has 10 heteroatoms. The molecule has 43 heavy (non-hydrogen) atoms. The Morgan fingerprint density at radius 2 is 1.49 bits per heavy atom. The average molecular weight is 612 g/mol. The number of benzene rings is 3. The van der Waals surface area contributed by atoms with E-state index in [1.807, 2.05) is 88.4 Å². The van der Waals surface area contributed by atoms with Gasteiger partial charge in [0.15, 0.2) is 0 Å². The number of ether oxygens (including phenoxy) is 4. The number of aryl methyl sites for hydroxylation is 1. The summed E-state index contributed by atoms with van der Waals surface area (Å²) in [4.78, 5) is 13.6. The summed E-state index contributed by atoms with van der Waals surface area (Å²) in [5.74, 6) is 0.720. The molecule has 1 atom stereocenters. The highest BCUT2D eigenvalue weighted by Gasteiger charge is 2.21. The molecule has 0 heterocycles. The van der Waals surface area contributed by atoms with Gasteiger partial charge < -0.3 is 18.9 Å². The summed E-state index contributed by atoms with van der Waals surface area (Å²) in [5.41, 5.74) is 3.47. The van der Waals surface area contributed by atoms with Gasteiger partial charge in [0.25, 0.3) is 10.1 Å². The zero-order chi connectivity index (χ0) is 31.6. The standard InChI is InChI=1S/C33H41NO8S/c1-24-7-18-31(43(36,37)38)30(23-24)25(2)40-21-19-39-20-22-41-29-16-12-27(13-17-29)9-8-26-10-14-28(15-11-26)34(6)32(35)42-33(3,4)5/h7-18,23,25H,19-22H2,1-6H3,(H,36,37,38)/b9-8+. The first kappa shape index (κ1) is 33.8. The fourth-order valence-corrected chi connectivity index (χ4v) is 4.79. The van der Waals surface area contributed by atoms with Gasteiger partial charge in [0.1, 0.15) is 18.0 Å².